The highest BCUT2D eigenvalue weighted by Gasteiger charge is 2.04. The molecule has 2 aromatic rings. The van der Waals surface area contributed by atoms with E-state index in [0.717, 1.165) is 11.1 Å². The topological polar surface area (TPSA) is 12.9 Å². The van der Waals surface area contributed by atoms with Crippen LogP contribution in [0.4, 0.5) is 4.39 Å². The van der Waals surface area contributed by atoms with Crippen molar-refractivity contribution in [2.75, 3.05) is 0 Å². The van der Waals surface area contributed by atoms with Gasteiger partial charge in [-0.15, -0.1) is 0 Å². The molecule has 0 bridgehead atoms. The Morgan fingerprint density at radius 2 is 1.87 bits per heavy atom. The molecular formula is C11H6BrClFN. The van der Waals surface area contributed by atoms with Gasteiger partial charge in [-0.2, -0.15) is 0 Å². The van der Waals surface area contributed by atoms with Gasteiger partial charge in [0.25, 0.3) is 0 Å². The van der Waals surface area contributed by atoms with Crippen LogP contribution in [0.5, 0.6) is 0 Å². The minimum absolute atomic E-state index is 0.264. The molecule has 1 aromatic heterocycles. The zero-order valence-electron chi connectivity index (χ0n) is 7.55. The Morgan fingerprint density at radius 3 is 2.47 bits per heavy atom. The molecule has 0 saturated carbocycles. The summed E-state index contributed by atoms with van der Waals surface area (Å²) in [7, 11) is 0. The molecule has 0 saturated heterocycles. The molecule has 0 aliphatic rings. The zero-order valence-corrected chi connectivity index (χ0v) is 9.89. The molecule has 1 heterocycles. The van der Waals surface area contributed by atoms with Crippen molar-refractivity contribution in [2.45, 2.75) is 0 Å². The van der Waals surface area contributed by atoms with Crippen LogP contribution in [0.1, 0.15) is 0 Å². The Bertz CT molecular complexity index is 484. The third-order valence-electron chi connectivity index (χ3n) is 1.98. The number of hydrogen-bond acceptors (Lipinski definition) is 1. The maximum Gasteiger partial charge on any atom is 0.123 e. The molecule has 0 aliphatic carbocycles. The van der Waals surface area contributed by atoms with Gasteiger partial charge in [0.15, 0.2) is 0 Å². The van der Waals surface area contributed by atoms with Crippen molar-refractivity contribution in [3.8, 4) is 11.1 Å². The highest BCUT2D eigenvalue weighted by Crippen LogP contribution is 2.28. The lowest BCUT2D eigenvalue weighted by molar-refractivity contribution is 0.628. The molecule has 0 atom stereocenters. The minimum Gasteiger partial charge on any atom is -0.249 e. The van der Waals surface area contributed by atoms with E-state index in [1.165, 1.54) is 12.1 Å². The number of halogens is 3. The minimum atomic E-state index is -0.264. The summed E-state index contributed by atoms with van der Waals surface area (Å²) in [5.74, 6) is -0.264. The Balaban J connectivity index is 2.49. The van der Waals surface area contributed by atoms with Crippen molar-refractivity contribution >= 4 is 27.5 Å². The van der Waals surface area contributed by atoms with Crippen molar-refractivity contribution in [1.29, 1.82) is 0 Å². The van der Waals surface area contributed by atoms with Crippen LogP contribution in [-0.2, 0) is 0 Å². The molecular weight excluding hydrogens is 280 g/mol. The van der Waals surface area contributed by atoms with E-state index in [1.807, 2.05) is 0 Å². The molecule has 0 aliphatic heterocycles. The Hall–Kier alpha value is -0.930. The Kier molecular flexibility index (Phi) is 3.03. The second-order valence-corrected chi connectivity index (χ2v) is 4.21. The highest BCUT2D eigenvalue weighted by atomic mass is 79.9. The van der Waals surface area contributed by atoms with Crippen molar-refractivity contribution in [1.82, 2.24) is 4.98 Å². The number of hydrogen-bond donors (Lipinski definition) is 0. The molecule has 1 nitrogen and oxygen atoms in total. The molecule has 0 amide bonds. The van der Waals surface area contributed by atoms with Crippen LogP contribution in [0, 0.1) is 5.82 Å². The predicted molar refractivity (Wildman–Crippen MR) is 62.3 cm³/mol. The van der Waals surface area contributed by atoms with E-state index < -0.39 is 0 Å². The van der Waals surface area contributed by atoms with Gasteiger partial charge in [0, 0.05) is 11.8 Å². The van der Waals surface area contributed by atoms with E-state index in [-0.39, 0.29) is 5.82 Å². The molecule has 0 N–H and O–H groups in total. The second-order valence-electron chi connectivity index (χ2n) is 2.99. The van der Waals surface area contributed by atoms with E-state index in [0.29, 0.717) is 9.63 Å². The summed E-state index contributed by atoms with van der Waals surface area (Å²) in [5.41, 5.74) is 1.64. The van der Waals surface area contributed by atoms with Gasteiger partial charge in [0.1, 0.15) is 10.4 Å². The zero-order chi connectivity index (χ0) is 10.8. The van der Waals surface area contributed by atoms with Gasteiger partial charge < -0.3 is 0 Å². The van der Waals surface area contributed by atoms with Gasteiger partial charge in [0.2, 0.25) is 0 Å². The Labute approximate surface area is 100 Å². The average Bonchev–Trinajstić information content (AvgIpc) is 2.20. The molecule has 76 valence electrons. The summed E-state index contributed by atoms with van der Waals surface area (Å²) in [6.45, 7) is 0. The van der Waals surface area contributed by atoms with E-state index >= 15 is 0 Å². The maximum absolute atomic E-state index is 12.7. The van der Waals surface area contributed by atoms with Gasteiger partial charge in [-0.05, 0) is 39.7 Å². The van der Waals surface area contributed by atoms with Crippen molar-refractivity contribution in [3.63, 3.8) is 0 Å². The molecule has 0 spiro atoms. The first-order valence-electron chi connectivity index (χ1n) is 4.24. The van der Waals surface area contributed by atoms with Crippen LogP contribution in [0.15, 0.2) is 41.1 Å². The number of aromatic nitrogens is 1. The highest BCUT2D eigenvalue weighted by molar-refractivity contribution is 9.10. The maximum atomic E-state index is 12.7. The molecule has 1 aromatic carbocycles. The summed E-state index contributed by atoms with van der Waals surface area (Å²) in [6, 6.07) is 7.85. The second kappa shape index (κ2) is 4.29. The number of nitrogens with zero attached hydrogens (tertiary/aromatic N) is 1. The first kappa shape index (κ1) is 10.6. The van der Waals surface area contributed by atoms with E-state index in [4.69, 9.17) is 11.6 Å². The van der Waals surface area contributed by atoms with Crippen molar-refractivity contribution in [2.24, 2.45) is 0 Å². The largest absolute Gasteiger partial charge is 0.249 e. The van der Waals surface area contributed by atoms with Gasteiger partial charge in [-0.25, -0.2) is 9.37 Å². The third-order valence-corrected chi connectivity index (χ3v) is 2.72. The van der Waals surface area contributed by atoms with Crippen molar-refractivity contribution in [3.05, 3.63) is 52.0 Å². The SMILES string of the molecule is Fc1ccc(-c2cnc(Br)cc2Cl)cc1. The lowest BCUT2D eigenvalue weighted by Crippen LogP contribution is -1.83. The molecule has 0 radical (unpaired) electrons. The van der Waals surface area contributed by atoms with Gasteiger partial charge in [-0.1, -0.05) is 23.7 Å². The smallest absolute Gasteiger partial charge is 0.123 e. The van der Waals surface area contributed by atoms with Crippen LogP contribution in [0.2, 0.25) is 5.02 Å². The first-order chi connectivity index (χ1) is 7.16. The fourth-order valence-electron chi connectivity index (χ4n) is 1.25. The lowest BCUT2D eigenvalue weighted by Gasteiger charge is -2.03. The molecule has 4 heteroatoms. The number of benzene rings is 1. The van der Waals surface area contributed by atoms with Gasteiger partial charge in [-0.3, -0.25) is 0 Å². The molecule has 0 fully saturated rings. The summed E-state index contributed by atoms with van der Waals surface area (Å²) in [4.78, 5) is 4.08. The third kappa shape index (κ3) is 2.36. The van der Waals surface area contributed by atoms with Gasteiger partial charge >= 0.3 is 0 Å². The quantitative estimate of drug-likeness (QED) is 0.712. The molecule has 2 rings (SSSR count). The summed E-state index contributed by atoms with van der Waals surface area (Å²) in [6.07, 6.45) is 1.65. The van der Waals surface area contributed by atoms with Crippen LogP contribution in [-0.4, -0.2) is 4.98 Å². The fourth-order valence-corrected chi connectivity index (χ4v) is 1.97. The molecule has 15 heavy (non-hydrogen) atoms. The number of pyridine rings is 1. The normalized spacial score (nSPS) is 10.3. The predicted octanol–water partition coefficient (Wildman–Crippen LogP) is 4.30. The standard InChI is InChI=1S/C11H6BrClFN/c12-11-5-10(13)9(6-15-11)7-1-3-8(14)4-2-7/h1-6H. The Morgan fingerprint density at radius 1 is 1.20 bits per heavy atom. The van der Waals surface area contributed by atoms with Crippen molar-refractivity contribution < 1.29 is 4.39 Å². The average molecular weight is 287 g/mol. The lowest BCUT2D eigenvalue weighted by atomic mass is 10.1. The van der Waals surface area contributed by atoms with E-state index in [9.17, 15) is 4.39 Å². The fraction of sp³-hybridized carbons (Fsp3) is 0. The van der Waals surface area contributed by atoms with Crippen LogP contribution in [0.25, 0.3) is 11.1 Å². The van der Waals surface area contributed by atoms with Crippen LogP contribution >= 0.6 is 27.5 Å². The first-order valence-corrected chi connectivity index (χ1v) is 5.41. The van der Waals surface area contributed by atoms with Crippen LogP contribution in [0.3, 0.4) is 0 Å². The van der Waals surface area contributed by atoms with Gasteiger partial charge in [0.05, 0.1) is 5.02 Å². The summed E-state index contributed by atoms with van der Waals surface area (Å²) in [5, 5.41) is 0.587. The summed E-state index contributed by atoms with van der Waals surface area (Å²) < 4.78 is 13.4. The van der Waals surface area contributed by atoms with Crippen LogP contribution < -0.4 is 0 Å². The summed E-state index contributed by atoms with van der Waals surface area (Å²) >= 11 is 9.26. The molecule has 0 unspecified atom stereocenters. The van der Waals surface area contributed by atoms with E-state index in [2.05, 4.69) is 20.9 Å². The number of rotatable bonds is 1. The monoisotopic (exact) mass is 285 g/mol. The van der Waals surface area contributed by atoms with E-state index in [1.54, 1.807) is 24.4 Å².